The quantitative estimate of drug-likeness (QED) is 0.391. The molecule has 0 fully saturated rings. The van der Waals surface area contributed by atoms with Crippen LogP contribution in [0, 0.1) is 0 Å². The van der Waals surface area contributed by atoms with E-state index in [2.05, 4.69) is 11.6 Å². The molecule has 0 aliphatic heterocycles. The van der Waals surface area contributed by atoms with Crippen LogP contribution in [0.2, 0.25) is 0 Å². The SMILES string of the molecule is C=C(C)N=C(C)SC. The number of allylic oxidation sites excluding steroid dienone is 1. The van der Waals surface area contributed by atoms with E-state index >= 15 is 0 Å². The predicted molar refractivity (Wildman–Crippen MR) is 41.4 cm³/mol. The third-order valence-corrected chi connectivity index (χ3v) is 1.33. The zero-order valence-corrected chi connectivity index (χ0v) is 6.38. The lowest BCUT2D eigenvalue weighted by Gasteiger charge is -1.90. The summed E-state index contributed by atoms with van der Waals surface area (Å²) >= 11 is 1.64. The van der Waals surface area contributed by atoms with Crippen molar-refractivity contribution in [1.82, 2.24) is 0 Å². The first kappa shape index (κ1) is 7.76. The molecule has 0 N–H and O–H groups in total. The number of nitrogens with zero attached hydrogens (tertiary/aromatic N) is 1. The van der Waals surface area contributed by atoms with Crippen LogP contribution in [-0.4, -0.2) is 11.3 Å². The Morgan fingerprint density at radius 2 is 2.00 bits per heavy atom. The van der Waals surface area contributed by atoms with Gasteiger partial charge in [0, 0.05) is 5.70 Å². The van der Waals surface area contributed by atoms with E-state index in [0.29, 0.717) is 0 Å². The van der Waals surface area contributed by atoms with Gasteiger partial charge < -0.3 is 0 Å². The summed E-state index contributed by atoms with van der Waals surface area (Å²) in [6.45, 7) is 7.50. The Labute approximate surface area is 54.9 Å². The van der Waals surface area contributed by atoms with Gasteiger partial charge in [-0.15, -0.1) is 11.8 Å². The van der Waals surface area contributed by atoms with E-state index in [9.17, 15) is 0 Å². The molecular formula is C6H11NS. The molecule has 0 aromatic heterocycles. The van der Waals surface area contributed by atoms with E-state index in [1.165, 1.54) is 0 Å². The van der Waals surface area contributed by atoms with E-state index in [1.54, 1.807) is 11.8 Å². The molecule has 0 saturated heterocycles. The molecule has 0 bridgehead atoms. The van der Waals surface area contributed by atoms with Gasteiger partial charge in [0.05, 0.1) is 5.04 Å². The van der Waals surface area contributed by atoms with Crippen LogP contribution in [-0.2, 0) is 0 Å². The second-order valence-electron chi connectivity index (χ2n) is 1.57. The third kappa shape index (κ3) is 3.93. The number of rotatable bonds is 1. The fourth-order valence-electron chi connectivity index (χ4n) is 0.314. The first-order chi connectivity index (χ1) is 3.66. The minimum Gasteiger partial charge on any atom is -0.252 e. The van der Waals surface area contributed by atoms with Crippen molar-refractivity contribution >= 4 is 16.8 Å². The molecule has 0 aromatic rings. The average Bonchev–Trinajstić information content (AvgIpc) is 1.65. The van der Waals surface area contributed by atoms with E-state index in [4.69, 9.17) is 0 Å². The lowest BCUT2D eigenvalue weighted by molar-refractivity contribution is 1.33. The highest BCUT2D eigenvalue weighted by Crippen LogP contribution is 2.00. The second kappa shape index (κ2) is 3.72. The van der Waals surface area contributed by atoms with E-state index in [1.807, 2.05) is 20.1 Å². The normalized spacial score (nSPS) is 11.6. The van der Waals surface area contributed by atoms with Gasteiger partial charge in [0.15, 0.2) is 0 Å². The van der Waals surface area contributed by atoms with Crippen LogP contribution in [0.5, 0.6) is 0 Å². The number of hydrogen-bond acceptors (Lipinski definition) is 2. The summed E-state index contributed by atoms with van der Waals surface area (Å²) in [6.07, 6.45) is 2.00. The fourth-order valence-corrected chi connectivity index (χ4v) is 0.562. The number of aliphatic imine (C=N–C) groups is 1. The van der Waals surface area contributed by atoms with Gasteiger partial charge in [-0.25, -0.2) is 0 Å². The summed E-state index contributed by atoms with van der Waals surface area (Å²) < 4.78 is 0. The van der Waals surface area contributed by atoms with Crippen LogP contribution in [0.3, 0.4) is 0 Å². The Morgan fingerprint density at radius 1 is 1.50 bits per heavy atom. The van der Waals surface area contributed by atoms with Gasteiger partial charge in [-0.1, -0.05) is 6.58 Å². The first-order valence-electron chi connectivity index (χ1n) is 2.41. The van der Waals surface area contributed by atoms with Crippen LogP contribution in [0.4, 0.5) is 0 Å². The molecule has 1 nitrogen and oxygen atoms in total. The summed E-state index contributed by atoms with van der Waals surface area (Å²) in [4.78, 5) is 4.08. The predicted octanol–water partition coefficient (Wildman–Crippen LogP) is 2.30. The van der Waals surface area contributed by atoms with Crippen molar-refractivity contribution in [2.45, 2.75) is 13.8 Å². The lowest BCUT2D eigenvalue weighted by Crippen LogP contribution is -1.79. The van der Waals surface area contributed by atoms with Crippen LogP contribution in [0.1, 0.15) is 13.8 Å². The lowest BCUT2D eigenvalue weighted by atomic mass is 10.6. The van der Waals surface area contributed by atoms with Crippen LogP contribution in [0.15, 0.2) is 17.3 Å². The third-order valence-electron chi connectivity index (χ3n) is 0.644. The zero-order valence-electron chi connectivity index (χ0n) is 5.56. The molecule has 0 rings (SSSR count). The monoisotopic (exact) mass is 129 g/mol. The van der Waals surface area contributed by atoms with E-state index < -0.39 is 0 Å². The molecule has 0 aromatic carbocycles. The minimum atomic E-state index is 0.872. The van der Waals surface area contributed by atoms with E-state index in [0.717, 1.165) is 10.7 Å². The molecule has 8 heavy (non-hydrogen) atoms. The van der Waals surface area contributed by atoms with Crippen molar-refractivity contribution in [2.24, 2.45) is 4.99 Å². The Balaban J connectivity index is 3.75. The summed E-state index contributed by atoms with van der Waals surface area (Å²) in [5.74, 6) is 0. The second-order valence-corrected chi connectivity index (χ2v) is 2.57. The van der Waals surface area contributed by atoms with Crippen molar-refractivity contribution in [1.29, 1.82) is 0 Å². The van der Waals surface area contributed by atoms with Gasteiger partial charge in [-0.05, 0) is 20.1 Å². The maximum Gasteiger partial charge on any atom is 0.0700 e. The van der Waals surface area contributed by atoms with Crippen molar-refractivity contribution in [3.63, 3.8) is 0 Å². The Morgan fingerprint density at radius 3 is 2.12 bits per heavy atom. The fraction of sp³-hybridized carbons (Fsp3) is 0.500. The first-order valence-corrected chi connectivity index (χ1v) is 3.64. The van der Waals surface area contributed by atoms with Crippen LogP contribution >= 0.6 is 11.8 Å². The van der Waals surface area contributed by atoms with E-state index in [-0.39, 0.29) is 0 Å². The van der Waals surface area contributed by atoms with Gasteiger partial charge in [0.25, 0.3) is 0 Å². The minimum absolute atomic E-state index is 0.872. The Kier molecular flexibility index (Phi) is 3.61. The van der Waals surface area contributed by atoms with Gasteiger partial charge in [0.1, 0.15) is 0 Å². The summed E-state index contributed by atoms with van der Waals surface area (Å²) in [5.41, 5.74) is 0.872. The molecule has 0 spiro atoms. The van der Waals surface area contributed by atoms with Crippen molar-refractivity contribution in [3.8, 4) is 0 Å². The molecule has 0 aliphatic carbocycles. The van der Waals surface area contributed by atoms with Crippen LogP contribution < -0.4 is 0 Å². The summed E-state index contributed by atoms with van der Waals surface area (Å²) in [5, 5.41) is 1.07. The molecule has 0 saturated carbocycles. The molecule has 0 radical (unpaired) electrons. The van der Waals surface area contributed by atoms with Gasteiger partial charge in [-0.2, -0.15) is 0 Å². The highest BCUT2D eigenvalue weighted by molar-refractivity contribution is 8.13. The molecule has 0 unspecified atom stereocenters. The molecule has 0 heterocycles. The molecule has 0 atom stereocenters. The number of hydrogen-bond donors (Lipinski definition) is 0. The van der Waals surface area contributed by atoms with Gasteiger partial charge in [0.2, 0.25) is 0 Å². The maximum atomic E-state index is 4.08. The molecule has 46 valence electrons. The van der Waals surface area contributed by atoms with Crippen molar-refractivity contribution in [2.75, 3.05) is 6.26 Å². The zero-order chi connectivity index (χ0) is 6.57. The largest absolute Gasteiger partial charge is 0.252 e. The molecule has 0 amide bonds. The maximum absolute atomic E-state index is 4.08. The van der Waals surface area contributed by atoms with Gasteiger partial charge in [-0.3, -0.25) is 4.99 Å². The molecular weight excluding hydrogens is 118 g/mol. The highest BCUT2D eigenvalue weighted by atomic mass is 32.2. The highest BCUT2D eigenvalue weighted by Gasteiger charge is 1.82. The summed E-state index contributed by atoms with van der Waals surface area (Å²) in [6, 6.07) is 0. The standard InChI is InChI=1S/C6H11NS/c1-5(2)7-6(3)8-4/h1H2,2-4H3. The topological polar surface area (TPSA) is 12.4 Å². The Bertz CT molecular complexity index is 116. The van der Waals surface area contributed by atoms with Gasteiger partial charge >= 0.3 is 0 Å². The Hall–Kier alpha value is -0.240. The summed E-state index contributed by atoms with van der Waals surface area (Å²) in [7, 11) is 0. The smallest absolute Gasteiger partial charge is 0.0700 e. The van der Waals surface area contributed by atoms with Crippen molar-refractivity contribution < 1.29 is 0 Å². The average molecular weight is 129 g/mol. The van der Waals surface area contributed by atoms with Crippen LogP contribution in [0.25, 0.3) is 0 Å². The molecule has 0 aliphatic rings. The number of thioether (sulfide) groups is 1. The molecule has 2 heteroatoms. The van der Waals surface area contributed by atoms with Crippen molar-refractivity contribution in [3.05, 3.63) is 12.3 Å².